The van der Waals surface area contributed by atoms with Crippen LogP contribution in [0.15, 0.2) is 22.7 Å². The van der Waals surface area contributed by atoms with Gasteiger partial charge in [0, 0.05) is 18.2 Å². The van der Waals surface area contributed by atoms with Gasteiger partial charge >= 0.3 is 0 Å². The number of rotatable bonds is 4. The Labute approximate surface area is 130 Å². The molecule has 0 radical (unpaired) electrons. The van der Waals surface area contributed by atoms with E-state index in [4.69, 9.17) is 11.6 Å². The van der Waals surface area contributed by atoms with Gasteiger partial charge < -0.3 is 5.32 Å². The van der Waals surface area contributed by atoms with Gasteiger partial charge in [0.25, 0.3) is 0 Å². The second-order valence-electron chi connectivity index (χ2n) is 4.45. The summed E-state index contributed by atoms with van der Waals surface area (Å²) in [6.45, 7) is 3.88. The van der Waals surface area contributed by atoms with Crippen LogP contribution in [0, 0.1) is 12.7 Å². The van der Waals surface area contributed by atoms with E-state index in [0.717, 1.165) is 24.1 Å². The lowest BCUT2D eigenvalue weighted by Gasteiger charge is -2.11. The summed E-state index contributed by atoms with van der Waals surface area (Å²) < 4.78 is 13.8. The van der Waals surface area contributed by atoms with E-state index in [2.05, 4.69) is 38.1 Å². The highest BCUT2D eigenvalue weighted by Crippen LogP contribution is 2.27. The fourth-order valence-electron chi connectivity index (χ4n) is 1.78. The van der Waals surface area contributed by atoms with Crippen LogP contribution in [0.1, 0.15) is 24.7 Å². The Kier molecular flexibility index (Phi) is 4.94. The average molecular weight is 359 g/mol. The predicted octanol–water partition coefficient (Wildman–Crippen LogP) is 5.04. The number of halogens is 3. The van der Waals surface area contributed by atoms with Crippen molar-refractivity contribution < 1.29 is 4.39 Å². The van der Waals surface area contributed by atoms with Gasteiger partial charge in [0.15, 0.2) is 0 Å². The molecule has 0 aliphatic carbocycles. The summed E-state index contributed by atoms with van der Waals surface area (Å²) >= 11 is 9.16. The molecule has 1 heterocycles. The second kappa shape index (κ2) is 6.50. The molecule has 0 fully saturated rings. The zero-order valence-corrected chi connectivity index (χ0v) is 13.5. The number of nitrogens with zero attached hydrogens (tertiary/aromatic N) is 2. The van der Waals surface area contributed by atoms with E-state index in [-0.39, 0.29) is 5.82 Å². The van der Waals surface area contributed by atoms with Crippen molar-refractivity contribution in [2.24, 2.45) is 0 Å². The fraction of sp³-hybridized carbons (Fsp3) is 0.286. The van der Waals surface area contributed by atoms with Crippen molar-refractivity contribution >= 4 is 39.0 Å². The molecule has 0 amide bonds. The standard InChI is InChI=1S/C14H14BrClFN3/c1-3-4-13-19-12(16)7-14(20-13)18-11-6-9(15)10(17)5-8(11)2/h5-7H,3-4H2,1-2H3,(H,18,19,20). The molecule has 1 N–H and O–H groups in total. The highest BCUT2D eigenvalue weighted by molar-refractivity contribution is 9.10. The largest absolute Gasteiger partial charge is 0.340 e. The summed E-state index contributed by atoms with van der Waals surface area (Å²) in [6.07, 6.45) is 1.71. The van der Waals surface area contributed by atoms with Crippen molar-refractivity contribution in [2.75, 3.05) is 5.32 Å². The molecular formula is C14H14BrClFN3. The third-order valence-electron chi connectivity index (χ3n) is 2.74. The number of aryl methyl sites for hydroxylation is 2. The van der Waals surface area contributed by atoms with Crippen LogP contribution in [0.2, 0.25) is 5.15 Å². The van der Waals surface area contributed by atoms with Crippen LogP contribution < -0.4 is 5.32 Å². The lowest BCUT2D eigenvalue weighted by atomic mass is 10.2. The summed E-state index contributed by atoms with van der Waals surface area (Å²) in [4.78, 5) is 8.56. The Morgan fingerprint density at radius 1 is 1.30 bits per heavy atom. The van der Waals surface area contributed by atoms with Crippen molar-refractivity contribution in [1.82, 2.24) is 9.97 Å². The Hall–Kier alpha value is -1.20. The summed E-state index contributed by atoms with van der Waals surface area (Å²) in [7, 11) is 0. The smallest absolute Gasteiger partial charge is 0.137 e. The molecule has 1 aromatic heterocycles. The fourth-order valence-corrected chi connectivity index (χ4v) is 2.33. The van der Waals surface area contributed by atoms with Gasteiger partial charge in [-0.25, -0.2) is 14.4 Å². The predicted molar refractivity (Wildman–Crippen MR) is 83.2 cm³/mol. The topological polar surface area (TPSA) is 37.8 Å². The molecule has 0 bridgehead atoms. The molecule has 2 rings (SSSR count). The minimum atomic E-state index is -0.291. The van der Waals surface area contributed by atoms with Crippen LogP contribution in [-0.2, 0) is 6.42 Å². The van der Waals surface area contributed by atoms with E-state index in [1.54, 1.807) is 12.1 Å². The number of hydrogen-bond acceptors (Lipinski definition) is 3. The van der Waals surface area contributed by atoms with Crippen LogP contribution in [0.3, 0.4) is 0 Å². The van der Waals surface area contributed by atoms with Crippen LogP contribution in [-0.4, -0.2) is 9.97 Å². The summed E-state index contributed by atoms with van der Waals surface area (Å²) in [6, 6.07) is 4.79. The first-order chi connectivity index (χ1) is 9.49. The van der Waals surface area contributed by atoms with Crippen molar-refractivity contribution in [3.05, 3.63) is 45.0 Å². The van der Waals surface area contributed by atoms with Crippen molar-refractivity contribution in [1.29, 1.82) is 0 Å². The minimum Gasteiger partial charge on any atom is -0.340 e. The van der Waals surface area contributed by atoms with E-state index in [1.165, 1.54) is 6.07 Å². The van der Waals surface area contributed by atoms with Gasteiger partial charge in [-0.3, -0.25) is 0 Å². The first kappa shape index (κ1) is 15.2. The summed E-state index contributed by atoms with van der Waals surface area (Å²) in [5, 5.41) is 3.54. The van der Waals surface area contributed by atoms with Crippen molar-refractivity contribution in [3.63, 3.8) is 0 Å². The number of hydrogen-bond donors (Lipinski definition) is 1. The van der Waals surface area contributed by atoms with E-state index < -0.39 is 0 Å². The molecule has 0 spiro atoms. The van der Waals surface area contributed by atoms with Crippen molar-refractivity contribution in [3.8, 4) is 0 Å². The zero-order valence-electron chi connectivity index (χ0n) is 11.2. The van der Waals surface area contributed by atoms with Gasteiger partial charge in [-0.05, 0) is 47.0 Å². The molecule has 0 saturated carbocycles. The Morgan fingerprint density at radius 3 is 2.75 bits per heavy atom. The van der Waals surface area contributed by atoms with Gasteiger partial charge in [-0.15, -0.1) is 0 Å². The SMILES string of the molecule is CCCc1nc(Cl)cc(Nc2cc(Br)c(F)cc2C)n1. The number of benzene rings is 1. The van der Waals surface area contributed by atoms with Crippen LogP contribution in [0.25, 0.3) is 0 Å². The van der Waals surface area contributed by atoms with Crippen molar-refractivity contribution in [2.45, 2.75) is 26.7 Å². The van der Waals surface area contributed by atoms with Crippen LogP contribution >= 0.6 is 27.5 Å². The monoisotopic (exact) mass is 357 g/mol. The molecule has 0 saturated heterocycles. The second-order valence-corrected chi connectivity index (χ2v) is 5.69. The quantitative estimate of drug-likeness (QED) is 0.778. The van der Waals surface area contributed by atoms with Gasteiger partial charge in [0.2, 0.25) is 0 Å². The molecule has 106 valence electrons. The number of aromatic nitrogens is 2. The Morgan fingerprint density at radius 2 is 2.05 bits per heavy atom. The van der Waals surface area contributed by atoms with Gasteiger partial charge in [0.1, 0.15) is 22.6 Å². The zero-order chi connectivity index (χ0) is 14.7. The minimum absolute atomic E-state index is 0.291. The highest BCUT2D eigenvalue weighted by atomic mass is 79.9. The molecular weight excluding hydrogens is 345 g/mol. The molecule has 1 aromatic carbocycles. The number of nitrogens with one attached hydrogen (secondary N) is 1. The molecule has 0 atom stereocenters. The molecule has 0 aliphatic rings. The molecule has 20 heavy (non-hydrogen) atoms. The first-order valence-corrected chi connectivity index (χ1v) is 7.43. The molecule has 0 aliphatic heterocycles. The third-order valence-corrected chi connectivity index (χ3v) is 3.55. The summed E-state index contributed by atoms with van der Waals surface area (Å²) in [5.41, 5.74) is 1.56. The van der Waals surface area contributed by atoms with Crippen LogP contribution in [0.5, 0.6) is 0 Å². The van der Waals surface area contributed by atoms with E-state index in [9.17, 15) is 4.39 Å². The maximum atomic E-state index is 13.4. The maximum absolute atomic E-state index is 13.4. The Bertz CT molecular complexity index is 634. The van der Waals surface area contributed by atoms with Gasteiger partial charge in [-0.1, -0.05) is 18.5 Å². The third kappa shape index (κ3) is 3.67. The Balaban J connectivity index is 2.32. The molecule has 2 aromatic rings. The lowest BCUT2D eigenvalue weighted by Crippen LogP contribution is -2.02. The average Bonchev–Trinajstić information content (AvgIpc) is 2.35. The molecule has 6 heteroatoms. The van der Waals surface area contributed by atoms with E-state index in [1.807, 2.05) is 6.92 Å². The normalized spacial score (nSPS) is 10.7. The van der Waals surface area contributed by atoms with E-state index in [0.29, 0.717) is 21.3 Å². The first-order valence-electron chi connectivity index (χ1n) is 6.25. The van der Waals surface area contributed by atoms with E-state index >= 15 is 0 Å². The molecule has 0 unspecified atom stereocenters. The maximum Gasteiger partial charge on any atom is 0.137 e. The molecule has 3 nitrogen and oxygen atoms in total. The lowest BCUT2D eigenvalue weighted by molar-refractivity contribution is 0.620. The van der Waals surface area contributed by atoms with Gasteiger partial charge in [0.05, 0.1) is 4.47 Å². The number of anilines is 2. The summed E-state index contributed by atoms with van der Waals surface area (Å²) in [5.74, 6) is 1.01. The van der Waals surface area contributed by atoms with Crippen LogP contribution in [0.4, 0.5) is 15.9 Å². The van der Waals surface area contributed by atoms with Gasteiger partial charge in [-0.2, -0.15) is 0 Å². The highest BCUT2D eigenvalue weighted by Gasteiger charge is 2.08.